The molecule has 0 saturated carbocycles. The van der Waals surface area contributed by atoms with Crippen molar-refractivity contribution >= 4 is 52.3 Å². The van der Waals surface area contributed by atoms with E-state index >= 15 is 0 Å². The lowest BCUT2D eigenvalue weighted by atomic mass is 10.1. The Bertz CT molecular complexity index is 712. The van der Waals surface area contributed by atoms with Crippen LogP contribution in [0.2, 0.25) is 10.0 Å². The van der Waals surface area contributed by atoms with E-state index in [1.807, 2.05) is 0 Å². The van der Waals surface area contributed by atoms with Crippen molar-refractivity contribution in [3.05, 3.63) is 58.1 Å². The first-order valence-corrected chi connectivity index (χ1v) is 8.54. The van der Waals surface area contributed by atoms with Crippen LogP contribution in [0, 0.1) is 0 Å². The number of nitrogens with one attached hydrogen (secondary N) is 1. The molecule has 0 fully saturated rings. The second-order valence-corrected chi connectivity index (χ2v) is 7.10. The van der Waals surface area contributed by atoms with E-state index in [2.05, 4.69) is 5.32 Å². The molecule has 0 aliphatic rings. The zero-order chi connectivity index (χ0) is 17.0. The van der Waals surface area contributed by atoms with E-state index in [0.717, 1.165) is 0 Å². The van der Waals surface area contributed by atoms with Gasteiger partial charge in [-0.1, -0.05) is 29.3 Å². The fourth-order valence-corrected chi connectivity index (χ4v) is 3.40. The average Bonchev–Trinajstić information content (AvgIpc) is 2.51. The highest BCUT2D eigenvalue weighted by molar-refractivity contribution is 8.00. The van der Waals surface area contributed by atoms with Crippen molar-refractivity contribution in [1.82, 2.24) is 0 Å². The van der Waals surface area contributed by atoms with Crippen LogP contribution in [0.15, 0.2) is 47.4 Å². The van der Waals surface area contributed by atoms with Crippen LogP contribution in [-0.4, -0.2) is 16.9 Å². The van der Waals surface area contributed by atoms with Gasteiger partial charge >= 0.3 is 0 Å². The van der Waals surface area contributed by atoms with Crippen LogP contribution in [0.4, 0.5) is 5.69 Å². The Morgan fingerprint density at radius 3 is 2.13 bits per heavy atom. The van der Waals surface area contributed by atoms with Crippen molar-refractivity contribution in [1.29, 1.82) is 0 Å². The number of hydrogen-bond donors (Lipinski definition) is 1. The van der Waals surface area contributed by atoms with E-state index in [1.165, 1.54) is 18.7 Å². The highest BCUT2D eigenvalue weighted by atomic mass is 35.5. The topological polar surface area (TPSA) is 46.2 Å². The van der Waals surface area contributed by atoms with E-state index in [9.17, 15) is 9.59 Å². The van der Waals surface area contributed by atoms with Gasteiger partial charge in [0.25, 0.3) is 0 Å². The van der Waals surface area contributed by atoms with Gasteiger partial charge in [0, 0.05) is 16.1 Å². The highest BCUT2D eigenvalue weighted by Gasteiger charge is 2.18. The summed E-state index contributed by atoms with van der Waals surface area (Å²) < 4.78 is 0. The Balaban J connectivity index is 2.04. The second kappa shape index (κ2) is 7.86. The van der Waals surface area contributed by atoms with Gasteiger partial charge in [-0.15, -0.1) is 11.8 Å². The first-order chi connectivity index (χ1) is 10.9. The zero-order valence-corrected chi connectivity index (χ0v) is 14.9. The summed E-state index contributed by atoms with van der Waals surface area (Å²) in [6.45, 7) is 3.28. The molecular formula is C17H15Cl2NO2S. The van der Waals surface area contributed by atoms with E-state index in [4.69, 9.17) is 23.2 Å². The number of halogens is 2. The monoisotopic (exact) mass is 367 g/mol. The first-order valence-electron chi connectivity index (χ1n) is 6.91. The molecule has 2 aromatic rings. The number of thioether (sulfide) groups is 1. The molecule has 0 bridgehead atoms. The van der Waals surface area contributed by atoms with Crippen LogP contribution in [-0.2, 0) is 4.79 Å². The van der Waals surface area contributed by atoms with E-state index in [-0.39, 0.29) is 16.9 Å². The van der Waals surface area contributed by atoms with Gasteiger partial charge in [0.15, 0.2) is 5.78 Å². The van der Waals surface area contributed by atoms with Crippen molar-refractivity contribution in [3.8, 4) is 0 Å². The van der Waals surface area contributed by atoms with Gasteiger partial charge in [0.2, 0.25) is 5.91 Å². The molecule has 1 N–H and O–H groups in total. The molecule has 0 aliphatic heterocycles. The smallest absolute Gasteiger partial charge is 0.237 e. The lowest BCUT2D eigenvalue weighted by Crippen LogP contribution is -2.22. The van der Waals surface area contributed by atoms with Crippen LogP contribution in [0.5, 0.6) is 0 Å². The standard InChI is InChI=1S/C17H15Cl2NO2S/c1-10(21)12-6-8-13(9-7-12)20-17(22)11(2)23-16-14(18)4-3-5-15(16)19/h3-9,11H,1-2H3,(H,20,22). The number of rotatable bonds is 5. The third-order valence-electron chi connectivity index (χ3n) is 3.14. The van der Waals surface area contributed by atoms with Crippen LogP contribution >= 0.6 is 35.0 Å². The maximum absolute atomic E-state index is 12.3. The molecule has 23 heavy (non-hydrogen) atoms. The summed E-state index contributed by atoms with van der Waals surface area (Å²) in [5.74, 6) is -0.179. The van der Waals surface area contributed by atoms with Crippen LogP contribution in [0.25, 0.3) is 0 Å². The molecule has 0 radical (unpaired) electrons. The van der Waals surface area contributed by atoms with Crippen molar-refractivity contribution < 1.29 is 9.59 Å². The SMILES string of the molecule is CC(=O)c1ccc(NC(=O)C(C)Sc2c(Cl)cccc2Cl)cc1. The minimum atomic E-state index is -0.375. The Morgan fingerprint density at radius 2 is 1.61 bits per heavy atom. The molecule has 120 valence electrons. The minimum absolute atomic E-state index is 0.0137. The molecular weight excluding hydrogens is 353 g/mol. The summed E-state index contributed by atoms with van der Waals surface area (Å²) in [6.07, 6.45) is 0. The summed E-state index contributed by atoms with van der Waals surface area (Å²) in [5.41, 5.74) is 1.24. The lowest BCUT2D eigenvalue weighted by molar-refractivity contribution is -0.115. The van der Waals surface area contributed by atoms with E-state index in [0.29, 0.717) is 26.2 Å². The number of carbonyl (C=O) groups is 2. The predicted molar refractivity (Wildman–Crippen MR) is 96.9 cm³/mol. The number of ketones is 1. The van der Waals surface area contributed by atoms with Gasteiger partial charge in [-0.25, -0.2) is 0 Å². The molecule has 0 aliphatic carbocycles. The summed E-state index contributed by atoms with van der Waals surface area (Å²) in [6, 6.07) is 12.0. The Kier molecular flexibility index (Phi) is 6.10. The largest absolute Gasteiger partial charge is 0.325 e. The fourth-order valence-electron chi connectivity index (χ4n) is 1.86. The maximum atomic E-state index is 12.3. The normalized spacial score (nSPS) is 11.8. The van der Waals surface area contributed by atoms with Gasteiger partial charge in [-0.3, -0.25) is 9.59 Å². The van der Waals surface area contributed by atoms with E-state index in [1.54, 1.807) is 49.4 Å². The highest BCUT2D eigenvalue weighted by Crippen LogP contribution is 2.36. The quantitative estimate of drug-likeness (QED) is 0.574. The van der Waals surface area contributed by atoms with Gasteiger partial charge in [-0.05, 0) is 50.2 Å². The Labute approximate surface area is 149 Å². The number of carbonyl (C=O) groups excluding carboxylic acids is 2. The van der Waals surface area contributed by atoms with Gasteiger partial charge in [0.1, 0.15) is 0 Å². The summed E-state index contributed by atoms with van der Waals surface area (Å²) >= 11 is 13.5. The third-order valence-corrected chi connectivity index (χ3v) is 5.24. The van der Waals surface area contributed by atoms with E-state index < -0.39 is 0 Å². The van der Waals surface area contributed by atoms with Gasteiger partial charge in [-0.2, -0.15) is 0 Å². The van der Waals surface area contributed by atoms with Crippen molar-refractivity contribution in [2.24, 2.45) is 0 Å². The molecule has 0 heterocycles. The first kappa shape index (κ1) is 17.9. The van der Waals surface area contributed by atoms with Crippen LogP contribution in [0.3, 0.4) is 0 Å². The van der Waals surface area contributed by atoms with Gasteiger partial charge in [0.05, 0.1) is 15.3 Å². The second-order valence-electron chi connectivity index (χ2n) is 4.93. The fraction of sp³-hybridized carbons (Fsp3) is 0.176. The molecule has 0 saturated heterocycles. The minimum Gasteiger partial charge on any atom is -0.325 e. The maximum Gasteiger partial charge on any atom is 0.237 e. The molecule has 6 heteroatoms. The Morgan fingerprint density at radius 1 is 1.04 bits per heavy atom. The van der Waals surface area contributed by atoms with Gasteiger partial charge < -0.3 is 5.32 Å². The average molecular weight is 368 g/mol. The number of benzene rings is 2. The summed E-state index contributed by atoms with van der Waals surface area (Å²) in [4.78, 5) is 24.2. The van der Waals surface area contributed by atoms with Crippen molar-refractivity contribution in [2.45, 2.75) is 24.0 Å². The number of anilines is 1. The molecule has 2 aromatic carbocycles. The summed E-state index contributed by atoms with van der Waals surface area (Å²) in [7, 11) is 0. The zero-order valence-electron chi connectivity index (χ0n) is 12.6. The molecule has 2 rings (SSSR count). The van der Waals surface area contributed by atoms with Crippen LogP contribution < -0.4 is 5.32 Å². The molecule has 1 atom stereocenters. The molecule has 1 unspecified atom stereocenters. The number of amides is 1. The third kappa shape index (κ3) is 4.74. The number of hydrogen-bond acceptors (Lipinski definition) is 3. The molecule has 0 spiro atoms. The lowest BCUT2D eigenvalue weighted by Gasteiger charge is -2.14. The predicted octanol–water partition coefficient (Wildman–Crippen LogP) is 5.32. The molecule has 1 amide bonds. The molecule has 0 aromatic heterocycles. The van der Waals surface area contributed by atoms with Crippen molar-refractivity contribution in [3.63, 3.8) is 0 Å². The summed E-state index contributed by atoms with van der Waals surface area (Å²) in [5, 5.41) is 3.48. The Hall–Kier alpha value is -1.49. The number of Topliss-reactive ketones (excluding diaryl/α,β-unsaturated/α-hetero) is 1. The van der Waals surface area contributed by atoms with Crippen LogP contribution in [0.1, 0.15) is 24.2 Å². The van der Waals surface area contributed by atoms with Crippen molar-refractivity contribution in [2.75, 3.05) is 5.32 Å². The molecule has 3 nitrogen and oxygen atoms in total.